The van der Waals surface area contributed by atoms with Gasteiger partial charge in [-0.25, -0.2) is 19.2 Å². The second-order valence-electron chi connectivity index (χ2n) is 8.34. The Morgan fingerprint density at radius 2 is 1.71 bits per heavy atom. The van der Waals surface area contributed by atoms with Crippen molar-refractivity contribution in [2.45, 2.75) is 52.7 Å². The van der Waals surface area contributed by atoms with E-state index in [-0.39, 0.29) is 32.3 Å². The molecule has 1 aromatic heterocycles. The molecule has 2 amide bonds. The van der Waals surface area contributed by atoms with Gasteiger partial charge in [0.15, 0.2) is 0 Å². The smallest absolute Gasteiger partial charge is 0.437 e. The van der Waals surface area contributed by atoms with Crippen LogP contribution < -0.4 is 0 Å². The fourth-order valence-electron chi connectivity index (χ4n) is 2.09. The summed E-state index contributed by atoms with van der Waals surface area (Å²) < 4.78 is 22.7. The maximum atomic E-state index is 12.9. The van der Waals surface area contributed by atoms with Crippen LogP contribution in [0, 0.1) is 12.3 Å². The molecule has 0 atom stereocenters. The Kier molecular flexibility index (Phi) is 10.2. The third-order valence-electron chi connectivity index (χ3n) is 3.17. The van der Waals surface area contributed by atoms with Crippen LogP contribution in [-0.4, -0.2) is 77.0 Å². The molecule has 0 N–H and O–H groups in total. The highest BCUT2D eigenvalue weighted by molar-refractivity contribution is 5.99. The molecule has 0 bridgehead atoms. The molecule has 1 heterocycles. The SMILES string of the molecule is C#CCOCCOCCN(C(=O)OC(C)(C)C)/C(=N\C(=O)OC(C)(C)C)n1cccn1. The highest BCUT2D eigenvalue weighted by Gasteiger charge is 2.29. The van der Waals surface area contributed by atoms with E-state index in [1.165, 1.54) is 15.8 Å². The standard InChI is InChI=1S/C21H32N4O6/c1-8-13-28-15-16-29-14-12-24(19(27)31-21(5,6)7)17(25-11-9-10-22-25)23-18(26)30-20(2,3)4/h1,9-11H,12-16H2,2-7H3/b23-17+. The monoisotopic (exact) mass is 436 g/mol. The second-order valence-corrected chi connectivity index (χ2v) is 8.34. The summed E-state index contributed by atoms with van der Waals surface area (Å²) in [4.78, 5) is 30.4. The van der Waals surface area contributed by atoms with Gasteiger partial charge in [-0.05, 0) is 47.6 Å². The van der Waals surface area contributed by atoms with Crippen LogP contribution in [-0.2, 0) is 18.9 Å². The molecular weight excluding hydrogens is 404 g/mol. The summed E-state index contributed by atoms with van der Waals surface area (Å²) in [6, 6.07) is 1.64. The van der Waals surface area contributed by atoms with Gasteiger partial charge >= 0.3 is 12.2 Å². The molecule has 0 fully saturated rings. The molecule has 1 aromatic rings. The van der Waals surface area contributed by atoms with E-state index in [0.29, 0.717) is 6.61 Å². The number of terminal acetylenes is 1. The molecule has 1 rings (SSSR count). The molecule has 0 aliphatic heterocycles. The lowest BCUT2D eigenvalue weighted by atomic mass is 10.2. The van der Waals surface area contributed by atoms with Crippen molar-refractivity contribution >= 4 is 18.1 Å². The van der Waals surface area contributed by atoms with Crippen LogP contribution in [0.25, 0.3) is 0 Å². The van der Waals surface area contributed by atoms with E-state index in [1.807, 2.05) is 0 Å². The molecule has 0 aromatic carbocycles. The minimum absolute atomic E-state index is 0.0472. The first-order chi connectivity index (χ1) is 14.4. The number of aliphatic imine (C=N–C) groups is 1. The fourth-order valence-corrected chi connectivity index (χ4v) is 2.09. The molecule has 10 nitrogen and oxygen atoms in total. The molecule has 0 aliphatic carbocycles. The number of hydrogen-bond donors (Lipinski definition) is 0. The average molecular weight is 437 g/mol. The Labute approximate surface area is 183 Å². The minimum Gasteiger partial charge on any atom is -0.443 e. The number of rotatable bonds is 7. The van der Waals surface area contributed by atoms with Crippen LogP contribution in [0.15, 0.2) is 23.5 Å². The fraction of sp³-hybridized carbons (Fsp3) is 0.619. The predicted molar refractivity (Wildman–Crippen MR) is 115 cm³/mol. The van der Waals surface area contributed by atoms with Crippen molar-refractivity contribution in [3.8, 4) is 12.3 Å². The largest absolute Gasteiger partial charge is 0.443 e. The van der Waals surface area contributed by atoms with Gasteiger partial charge in [-0.3, -0.25) is 0 Å². The van der Waals surface area contributed by atoms with Crippen molar-refractivity contribution in [1.82, 2.24) is 14.7 Å². The highest BCUT2D eigenvalue weighted by atomic mass is 16.6. The number of carbonyl (C=O) groups excluding carboxylic acids is 2. The number of nitrogens with zero attached hydrogens (tertiary/aromatic N) is 4. The van der Waals surface area contributed by atoms with Crippen molar-refractivity contribution in [2.75, 3.05) is 33.0 Å². The molecule has 0 aliphatic rings. The summed E-state index contributed by atoms with van der Waals surface area (Å²) >= 11 is 0. The molecule has 172 valence electrons. The van der Waals surface area contributed by atoms with Gasteiger partial charge in [0.2, 0.25) is 5.96 Å². The maximum absolute atomic E-state index is 12.9. The molecule has 31 heavy (non-hydrogen) atoms. The average Bonchev–Trinajstić information content (AvgIpc) is 3.14. The first-order valence-electron chi connectivity index (χ1n) is 9.84. The third kappa shape index (κ3) is 11.2. The van der Waals surface area contributed by atoms with Crippen LogP contribution in [0.5, 0.6) is 0 Å². The van der Waals surface area contributed by atoms with Gasteiger partial charge in [0.05, 0.1) is 26.4 Å². The van der Waals surface area contributed by atoms with Crippen molar-refractivity contribution in [3.63, 3.8) is 0 Å². The van der Waals surface area contributed by atoms with E-state index >= 15 is 0 Å². The van der Waals surface area contributed by atoms with E-state index in [1.54, 1.807) is 53.8 Å². The molecular formula is C21H32N4O6. The van der Waals surface area contributed by atoms with Crippen LogP contribution in [0.4, 0.5) is 9.59 Å². The Morgan fingerprint density at radius 3 is 2.26 bits per heavy atom. The van der Waals surface area contributed by atoms with E-state index in [0.717, 1.165) is 0 Å². The summed E-state index contributed by atoms with van der Waals surface area (Å²) in [6.07, 6.45) is 6.59. The van der Waals surface area contributed by atoms with Crippen molar-refractivity contribution in [3.05, 3.63) is 18.5 Å². The normalized spacial score (nSPS) is 12.2. The van der Waals surface area contributed by atoms with Crippen molar-refractivity contribution < 1.29 is 28.5 Å². The minimum atomic E-state index is -0.866. The Balaban J connectivity index is 3.06. The topological polar surface area (TPSA) is 104 Å². The van der Waals surface area contributed by atoms with Gasteiger partial charge in [-0.1, -0.05) is 5.92 Å². The van der Waals surface area contributed by atoms with Crippen LogP contribution in [0.1, 0.15) is 41.5 Å². The zero-order chi connectivity index (χ0) is 23.5. The van der Waals surface area contributed by atoms with E-state index in [2.05, 4.69) is 16.0 Å². The summed E-state index contributed by atoms with van der Waals surface area (Å²) in [5.74, 6) is 2.29. The van der Waals surface area contributed by atoms with Gasteiger partial charge in [0, 0.05) is 12.4 Å². The Bertz CT molecular complexity index is 769. The molecule has 10 heteroatoms. The number of hydrogen-bond acceptors (Lipinski definition) is 7. The Hall–Kier alpha value is -2.90. The molecule has 0 saturated carbocycles. The maximum Gasteiger partial charge on any atom is 0.437 e. The lowest BCUT2D eigenvalue weighted by molar-refractivity contribution is 0.0252. The summed E-state index contributed by atoms with van der Waals surface area (Å²) in [5, 5.41) is 4.09. The van der Waals surface area contributed by atoms with Gasteiger partial charge in [-0.15, -0.1) is 11.4 Å². The van der Waals surface area contributed by atoms with Crippen LogP contribution in [0.3, 0.4) is 0 Å². The summed E-state index contributed by atoms with van der Waals surface area (Å²) in [7, 11) is 0. The third-order valence-corrected chi connectivity index (χ3v) is 3.17. The van der Waals surface area contributed by atoms with Gasteiger partial charge in [0.1, 0.15) is 17.8 Å². The van der Waals surface area contributed by atoms with Crippen molar-refractivity contribution in [1.29, 1.82) is 0 Å². The number of aromatic nitrogens is 2. The predicted octanol–water partition coefficient (Wildman–Crippen LogP) is 2.93. The highest BCUT2D eigenvalue weighted by Crippen LogP contribution is 2.13. The molecule has 0 spiro atoms. The number of ether oxygens (including phenoxy) is 4. The first kappa shape index (κ1) is 26.1. The van der Waals surface area contributed by atoms with Crippen LogP contribution >= 0.6 is 0 Å². The molecule has 0 radical (unpaired) electrons. The van der Waals surface area contributed by atoms with E-state index < -0.39 is 23.4 Å². The van der Waals surface area contributed by atoms with Gasteiger partial charge < -0.3 is 18.9 Å². The van der Waals surface area contributed by atoms with Gasteiger partial charge in [0.25, 0.3) is 0 Å². The zero-order valence-electron chi connectivity index (χ0n) is 19.1. The molecule has 0 saturated heterocycles. The van der Waals surface area contributed by atoms with E-state index in [9.17, 15) is 9.59 Å². The number of carbonyl (C=O) groups is 2. The van der Waals surface area contributed by atoms with Crippen molar-refractivity contribution in [2.24, 2.45) is 4.99 Å². The summed E-state index contributed by atoms with van der Waals surface area (Å²) in [6.45, 7) is 11.3. The van der Waals surface area contributed by atoms with Gasteiger partial charge in [-0.2, -0.15) is 5.10 Å². The van der Waals surface area contributed by atoms with Crippen LogP contribution in [0.2, 0.25) is 0 Å². The summed E-state index contributed by atoms with van der Waals surface area (Å²) in [5.41, 5.74) is -1.52. The molecule has 0 unspecified atom stereocenters. The quantitative estimate of drug-likeness (QED) is 0.280. The first-order valence-corrected chi connectivity index (χ1v) is 9.84. The Morgan fingerprint density at radius 1 is 1.06 bits per heavy atom. The van der Waals surface area contributed by atoms with E-state index in [4.69, 9.17) is 25.4 Å². The lowest BCUT2D eigenvalue weighted by Crippen LogP contribution is -2.46. The number of amides is 2. The zero-order valence-corrected chi connectivity index (χ0v) is 19.1. The lowest BCUT2D eigenvalue weighted by Gasteiger charge is -2.28. The second kappa shape index (κ2) is 12.1.